The largest absolute Gasteiger partial charge is 1.00 e. The first kappa shape index (κ1) is 18.9. The van der Waals surface area contributed by atoms with Gasteiger partial charge in [0, 0.05) is 31.9 Å². The van der Waals surface area contributed by atoms with Crippen LogP contribution in [0.15, 0.2) is 23.7 Å². The number of ketones is 1. The van der Waals surface area contributed by atoms with Crippen molar-refractivity contribution in [1.82, 2.24) is 0 Å². The molecule has 2 aromatic rings. The van der Waals surface area contributed by atoms with E-state index in [9.17, 15) is 4.79 Å². The summed E-state index contributed by atoms with van der Waals surface area (Å²) in [6.07, 6.45) is 1.47. The molecule has 0 saturated carbocycles. The molecular weight excluding hydrogens is 394 g/mol. The molecule has 0 unspecified atom stereocenters. The molecule has 0 aliphatic carbocycles. The molecule has 1 aliphatic heterocycles. The molecule has 3 rings (SSSR count). The second-order valence-electron chi connectivity index (χ2n) is 5.47. The molecule has 0 saturated heterocycles. The average Bonchev–Trinajstić information content (AvgIpc) is 2.78. The smallest absolute Gasteiger partial charge is 0.227 e. The van der Waals surface area contributed by atoms with Crippen molar-refractivity contribution in [3.63, 3.8) is 0 Å². The second kappa shape index (κ2) is 8.60. The maximum Gasteiger partial charge on any atom is 0.227 e. The van der Waals surface area contributed by atoms with Gasteiger partial charge in [0.1, 0.15) is 0 Å². The molecule has 1 N–H and O–H groups in total. The van der Waals surface area contributed by atoms with E-state index in [2.05, 4.69) is 0 Å². The fourth-order valence-corrected chi connectivity index (χ4v) is 3.52. The SMILES string of the molecule is Cc1c(CCO)sc[n+]1CC(=O)c1ccc2c(c1)OCCCO2.[Br-]. The van der Waals surface area contributed by atoms with Gasteiger partial charge < -0.3 is 31.6 Å². The average molecular weight is 414 g/mol. The number of hydrogen-bond acceptors (Lipinski definition) is 5. The first-order chi connectivity index (χ1) is 11.2. The van der Waals surface area contributed by atoms with Crippen molar-refractivity contribution in [2.45, 2.75) is 26.3 Å². The van der Waals surface area contributed by atoms with E-state index in [1.54, 1.807) is 29.5 Å². The summed E-state index contributed by atoms with van der Waals surface area (Å²) in [6.45, 7) is 3.62. The summed E-state index contributed by atoms with van der Waals surface area (Å²) in [5.41, 5.74) is 3.59. The van der Waals surface area contributed by atoms with Crippen LogP contribution in [0.2, 0.25) is 0 Å². The lowest BCUT2D eigenvalue weighted by Gasteiger charge is -2.08. The van der Waals surface area contributed by atoms with Crippen LogP contribution in [-0.2, 0) is 13.0 Å². The fourth-order valence-electron chi connectivity index (χ4n) is 2.53. The predicted octanol–water partition coefficient (Wildman–Crippen LogP) is -1.07. The highest BCUT2D eigenvalue weighted by Crippen LogP contribution is 2.30. The van der Waals surface area contributed by atoms with Crippen LogP contribution in [0.5, 0.6) is 11.5 Å². The van der Waals surface area contributed by atoms with Gasteiger partial charge in [0.2, 0.25) is 17.8 Å². The van der Waals surface area contributed by atoms with E-state index >= 15 is 0 Å². The van der Waals surface area contributed by atoms with E-state index in [1.807, 2.05) is 17.0 Å². The van der Waals surface area contributed by atoms with Gasteiger partial charge >= 0.3 is 0 Å². The highest BCUT2D eigenvalue weighted by atomic mass is 79.9. The van der Waals surface area contributed by atoms with Crippen LogP contribution >= 0.6 is 11.3 Å². The number of halogens is 1. The van der Waals surface area contributed by atoms with E-state index in [0.29, 0.717) is 36.7 Å². The van der Waals surface area contributed by atoms with Crippen molar-refractivity contribution in [2.24, 2.45) is 0 Å². The topological polar surface area (TPSA) is 59.6 Å². The highest BCUT2D eigenvalue weighted by molar-refractivity contribution is 7.09. The molecule has 24 heavy (non-hydrogen) atoms. The quantitative estimate of drug-likeness (QED) is 0.500. The van der Waals surface area contributed by atoms with Gasteiger partial charge in [-0.25, -0.2) is 0 Å². The normalized spacial score (nSPS) is 13.1. The van der Waals surface area contributed by atoms with Crippen molar-refractivity contribution in [2.75, 3.05) is 19.8 Å². The van der Waals surface area contributed by atoms with Gasteiger partial charge in [-0.1, -0.05) is 11.3 Å². The number of fused-ring (bicyclic) bond motifs is 1. The number of Topliss-reactive ketones (excluding diaryl/α,β-unsaturated/α-hetero) is 1. The molecule has 0 radical (unpaired) electrons. The Morgan fingerprint density at radius 1 is 1.29 bits per heavy atom. The van der Waals surface area contributed by atoms with Gasteiger partial charge in [0.25, 0.3) is 0 Å². The zero-order valence-corrected chi connectivity index (χ0v) is 15.9. The number of hydrogen-bond donors (Lipinski definition) is 1. The van der Waals surface area contributed by atoms with Crippen LogP contribution in [-0.4, -0.2) is 30.7 Å². The number of rotatable bonds is 5. The number of aliphatic hydroxyl groups excluding tert-OH is 1. The lowest BCUT2D eigenvalue weighted by Crippen LogP contribution is -3.00. The van der Waals surface area contributed by atoms with Crippen molar-refractivity contribution in [3.05, 3.63) is 39.8 Å². The molecule has 0 fully saturated rings. The molecule has 5 nitrogen and oxygen atoms in total. The van der Waals surface area contributed by atoms with Gasteiger partial charge in [-0.2, -0.15) is 4.57 Å². The number of carbonyl (C=O) groups is 1. The molecule has 0 atom stereocenters. The van der Waals surface area contributed by atoms with Gasteiger partial charge in [-0.15, -0.1) is 0 Å². The molecule has 0 bridgehead atoms. The molecule has 0 amide bonds. The monoisotopic (exact) mass is 413 g/mol. The van der Waals surface area contributed by atoms with E-state index in [4.69, 9.17) is 14.6 Å². The Morgan fingerprint density at radius 2 is 2.04 bits per heavy atom. The molecule has 1 aromatic carbocycles. The lowest BCUT2D eigenvalue weighted by atomic mass is 10.1. The second-order valence-corrected chi connectivity index (χ2v) is 6.41. The molecule has 0 spiro atoms. The summed E-state index contributed by atoms with van der Waals surface area (Å²) >= 11 is 1.57. The minimum absolute atomic E-state index is 0. The summed E-state index contributed by atoms with van der Waals surface area (Å²) in [6, 6.07) is 5.35. The summed E-state index contributed by atoms with van der Waals surface area (Å²) in [5.74, 6) is 1.37. The number of ether oxygens (including phenoxy) is 2. The Morgan fingerprint density at radius 3 is 2.79 bits per heavy atom. The predicted molar refractivity (Wildman–Crippen MR) is 86.4 cm³/mol. The lowest BCUT2D eigenvalue weighted by molar-refractivity contribution is -0.684. The van der Waals surface area contributed by atoms with Gasteiger partial charge in [0.05, 0.1) is 18.1 Å². The van der Waals surface area contributed by atoms with Crippen LogP contribution in [0.25, 0.3) is 0 Å². The van der Waals surface area contributed by atoms with Crippen LogP contribution in [0, 0.1) is 6.92 Å². The number of aromatic nitrogens is 1. The molecular formula is C17H20BrNO4S. The maximum atomic E-state index is 12.5. The van der Waals surface area contributed by atoms with Crippen LogP contribution in [0.3, 0.4) is 0 Å². The van der Waals surface area contributed by atoms with E-state index in [0.717, 1.165) is 17.0 Å². The van der Waals surface area contributed by atoms with E-state index in [1.165, 1.54) is 0 Å². The number of thiazole rings is 1. The standard InChI is InChI=1S/C17H20NO4S.BrH/c1-12-17(5-6-19)23-11-18(12)10-14(20)13-3-4-15-16(9-13)22-8-2-7-21-15;/h3-4,9,11,19H,2,5-8,10H2,1H3;1H/q+1;/p-1. The molecule has 130 valence electrons. The number of nitrogens with zero attached hydrogens (tertiary/aromatic N) is 1. The summed E-state index contributed by atoms with van der Waals surface area (Å²) in [4.78, 5) is 13.7. The summed E-state index contributed by atoms with van der Waals surface area (Å²) in [5, 5.41) is 9.05. The van der Waals surface area contributed by atoms with Gasteiger partial charge in [-0.05, 0) is 18.2 Å². The zero-order chi connectivity index (χ0) is 16.2. The Bertz CT molecular complexity index is 717. The zero-order valence-electron chi connectivity index (χ0n) is 13.5. The first-order valence-electron chi connectivity index (χ1n) is 7.69. The highest BCUT2D eigenvalue weighted by Gasteiger charge is 2.21. The first-order valence-corrected chi connectivity index (χ1v) is 8.57. The molecule has 1 aliphatic rings. The van der Waals surface area contributed by atoms with Gasteiger partial charge in [-0.3, -0.25) is 4.79 Å². The van der Waals surface area contributed by atoms with E-state index < -0.39 is 0 Å². The number of aliphatic hydroxyl groups is 1. The Kier molecular flexibility index (Phi) is 6.77. The van der Waals surface area contributed by atoms with Gasteiger partial charge in [0.15, 0.2) is 17.2 Å². The third kappa shape index (κ3) is 4.15. The van der Waals surface area contributed by atoms with Crippen LogP contribution < -0.4 is 31.0 Å². The van der Waals surface area contributed by atoms with Crippen molar-refractivity contribution >= 4 is 17.1 Å². The Hall–Kier alpha value is -1.44. The van der Waals surface area contributed by atoms with Crippen molar-refractivity contribution in [3.8, 4) is 11.5 Å². The molecule has 7 heteroatoms. The Balaban J connectivity index is 0.00000208. The molecule has 1 aromatic heterocycles. The van der Waals surface area contributed by atoms with Crippen molar-refractivity contribution in [1.29, 1.82) is 0 Å². The summed E-state index contributed by atoms with van der Waals surface area (Å²) < 4.78 is 13.2. The van der Waals surface area contributed by atoms with Crippen LogP contribution in [0.1, 0.15) is 27.3 Å². The number of benzene rings is 1. The molecule has 2 heterocycles. The number of carbonyl (C=O) groups excluding carboxylic acids is 1. The Labute approximate surface area is 155 Å². The summed E-state index contributed by atoms with van der Waals surface area (Å²) in [7, 11) is 0. The minimum atomic E-state index is 0. The van der Waals surface area contributed by atoms with E-state index in [-0.39, 0.29) is 35.9 Å². The third-order valence-corrected chi connectivity index (χ3v) is 5.02. The minimum Gasteiger partial charge on any atom is -1.00 e. The fraction of sp³-hybridized carbons (Fsp3) is 0.412. The maximum absolute atomic E-state index is 12.5. The third-order valence-electron chi connectivity index (χ3n) is 3.88. The van der Waals surface area contributed by atoms with Crippen molar-refractivity contribution < 1.29 is 40.9 Å². The van der Waals surface area contributed by atoms with Crippen LogP contribution in [0.4, 0.5) is 0 Å².